The van der Waals surface area contributed by atoms with E-state index in [1.165, 1.54) is 19.5 Å². The highest BCUT2D eigenvalue weighted by Crippen LogP contribution is 2.08. The van der Waals surface area contributed by atoms with Crippen LogP contribution in [0, 0.1) is 0 Å². The van der Waals surface area contributed by atoms with Gasteiger partial charge in [-0.2, -0.15) is 0 Å². The first-order valence-electron chi connectivity index (χ1n) is 10.6. The Bertz CT molecular complexity index is 369. The van der Waals surface area contributed by atoms with Crippen molar-refractivity contribution >= 4 is 5.91 Å². The number of hydrogen-bond donors (Lipinski definition) is 1. The van der Waals surface area contributed by atoms with Gasteiger partial charge in [-0.15, -0.1) is 0 Å². The van der Waals surface area contributed by atoms with E-state index in [1.807, 2.05) is 6.92 Å². The van der Waals surface area contributed by atoms with Gasteiger partial charge in [-0.1, -0.05) is 13.8 Å². The zero-order valence-electron chi connectivity index (χ0n) is 17.7. The molecule has 0 aromatic rings. The Morgan fingerprint density at radius 3 is 2.15 bits per heavy atom. The smallest absolute Gasteiger partial charge is 0.220 e. The Balaban J connectivity index is 0.00000729. The first kappa shape index (κ1) is 24.3. The normalized spacial score (nSPS) is 17.1. The highest BCUT2D eigenvalue weighted by molar-refractivity contribution is 5.75. The van der Waals surface area contributed by atoms with Gasteiger partial charge in [0.15, 0.2) is 0 Å². The minimum absolute atomic E-state index is 0. The summed E-state index contributed by atoms with van der Waals surface area (Å²) in [5, 5.41) is 2.82. The Labute approximate surface area is 167 Å². The molecule has 162 valence electrons. The van der Waals surface area contributed by atoms with Gasteiger partial charge in [0.05, 0.1) is 39.6 Å². The number of nitrogens with zero attached hydrogens (tertiary/aromatic N) is 2. The van der Waals surface area contributed by atoms with Crippen LogP contribution in [0.15, 0.2) is 0 Å². The van der Waals surface area contributed by atoms with Crippen LogP contribution in [0.2, 0.25) is 0 Å². The van der Waals surface area contributed by atoms with Gasteiger partial charge >= 0.3 is 0 Å². The van der Waals surface area contributed by atoms with Gasteiger partial charge in [-0.05, 0) is 19.8 Å². The predicted molar refractivity (Wildman–Crippen MR) is 110 cm³/mol. The molecule has 1 atom stereocenters. The number of nitrogens with one attached hydrogen (secondary N) is 1. The molecule has 1 aliphatic rings. The van der Waals surface area contributed by atoms with Gasteiger partial charge in [-0.3, -0.25) is 14.6 Å². The molecule has 1 unspecified atom stereocenters. The van der Waals surface area contributed by atoms with Crippen LogP contribution >= 0.6 is 0 Å². The summed E-state index contributed by atoms with van der Waals surface area (Å²) in [6.07, 6.45) is 2.68. The lowest BCUT2D eigenvalue weighted by Gasteiger charge is -2.37. The highest BCUT2D eigenvalue weighted by Gasteiger charge is 2.19. The summed E-state index contributed by atoms with van der Waals surface area (Å²) >= 11 is 0. The maximum atomic E-state index is 11.2. The quantitative estimate of drug-likeness (QED) is 0.405. The Hall–Kier alpha value is -0.730. The van der Waals surface area contributed by atoms with E-state index >= 15 is 0 Å². The second kappa shape index (κ2) is 16.2. The van der Waals surface area contributed by atoms with E-state index in [2.05, 4.69) is 29.0 Å². The summed E-state index contributed by atoms with van der Waals surface area (Å²) in [6, 6.07) is 0.698. The van der Waals surface area contributed by atoms with Gasteiger partial charge < -0.3 is 19.5 Å². The topological polar surface area (TPSA) is 63.3 Å². The van der Waals surface area contributed by atoms with Gasteiger partial charge in [0, 0.05) is 53.2 Å². The Kier molecular flexibility index (Phi) is 14.6. The SMILES string of the molecule is CCCC(=O)NCCOCCOCCOCCN1CCN(C(C)CC)CC1.[HH]. The van der Waals surface area contributed by atoms with E-state index in [0.29, 0.717) is 52.0 Å². The molecule has 1 saturated heterocycles. The molecule has 1 heterocycles. The maximum absolute atomic E-state index is 11.2. The molecule has 0 aromatic heterocycles. The van der Waals surface area contributed by atoms with Crippen molar-refractivity contribution in [2.45, 2.75) is 46.1 Å². The van der Waals surface area contributed by atoms with Crippen LogP contribution in [0.3, 0.4) is 0 Å². The molecule has 0 spiro atoms. The van der Waals surface area contributed by atoms with Crippen LogP contribution in [0.25, 0.3) is 0 Å². The average Bonchev–Trinajstić information content (AvgIpc) is 2.69. The summed E-state index contributed by atoms with van der Waals surface area (Å²) in [5.41, 5.74) is 0. The van der Waals surface area contributed by atoms with Crippen molar-refractivity contribution in [2.75, 3.05) is 78.9 Å². The molecular formula is C20H43N3O4. The van der Waals surface area contributed by atoms with Gasteiger partial charge in [-0.25, -0.2) is 0 Å². The molecule has 0 bridgehead atoms. The lowest BCUT2D eigenvalue weighted by molar-refractivity contribution is -0.121. The summed E-state index contributed by atoms with van der Waals surface area (Å²) in [4.78, 5) is 16.3. The maximum Gasteiger partial charge on any atom is 0.220 e. The predicted octanol–water partition coefficient (Wildman–Crippen LogP) is 1.61. The van der Waals surface area contributed by atoms with Gasteiger partial charge in [0.1, 0.15) is 0 Å². The van der Waals surface area contributed by atoms with Crippen molar-refractivity contribution in [3.63, 3.8) is 0 Å². The van der Waals surface area contributed by atoms with E-state index in [9.17, 15) is 4.79 Å². The first-order chi connectivity index (χ1) is 13.2. The third-order valence-electron chi connectivity index (χ3n) is 4.96. The van der Waals surface area contributed by atoms with Crippen LogP contribution < -0.4 is 5.32 Å². The Morgan fingerprint density at radius 2 is 1.56 bits per heavy atom. The number of carbonyl (C=O) groups excluding carboxylic acids is 1. The summed E-state index contributed by atoms with van der Waals surface area (Å²) in [6.45, 7) is 16.4. The minimum Gasteiger partial charge on any atom is -0.378 e. The number of carbonyl (C=O) groups is 1. The summed E-state index contributed by atoms with van der Waals surface area (Å²) < 4.78 is 16.6. The molecule has 7 nitrogen and oxygen atoms in total. The van der Waals surface area contributed by atoms with Crippen LogP contribution in [0.1, 0.15) is 41.5 Å². The molecule has 27 heavy (non-hydrogen) atoms. The monoisotopic (exact) mass is 389 g/mol. The largest absolute Gasteiger partial charge is 0.378 e. The van der Waals surface area contributed by atoms with Crippen molar-refractivity contribution in [3.8, 4) is 0 Å². The van der Waals surface area contributed by atoms with Crippen LogP contribution in [-0.2, 0) is 19.0 Å². The third-order valence-corrected chi connectivity index (χ3v) is 4.96. The highest BCUT2D eigenvalue weighted by atomic mass is 16.5. The standard InChI is InChI=1S/C20H41N3O4.H2/c1-4-6-20(24)21-7-13-25-15-17-27-18-16-26-14-12-22-8-10-23(11-9-22)19(3)5-2;/h19H,4-18H2,1-3H3,(H,21,24);1H. The number of piperazine rings is 1. The molecule has 1 amide bonds. The number of amides is 1. The van der Waals surface area contributed by atoms with Crippen LogP contribution in [0.5, 0.6) is 0 Å². The zero-order valence-corrected chi connectivity index (χ0v) is 17.7. The second-order valence-corrected chi connectivity index (χ2v) is 7.07. The van der Waals surface area contributed by atoms with E-state index in [-0.39, 0.29) is 7.33 Å². The van der Waals surface area contributed by atoms with E-state index in [4.69, 9.17) is 14.2 Å². The Morgan fingerprint density at radius 1 is 0.963 bits per heavy atom. The number of ether oxygens (including phenoxy) is 3. The number of rotatable bonds is 16. The molecule has 0 radical (unpaired) electrons. The third kappa shape index (κ3) is 12.4. The van der Waals surface area contributed by atoms with Crippen molar-refractivity contribution in [1.29, 1.82) is 0 Å². The summed E-state index contributed by atoms with van der Waals surface area (Å²) in [7, 11) is 0. The molecule has 1 aliphatic heterocycles. The van der Waals surface area contributed by atoms with Crippen molar-refractivity contribution in [3.05, 3.63) is 0 Å². The van der Waals surface area contributed by atoms with Gasteiger partial charge in [0.25, 0.3) is 0 Å². The second-order valence-electron chi connectivity index (χ2n) is 7.07. The molecule has 0 saturated carbocycles. The zero-order chi connectivity index (χ0) is 19.7. The van der Waals surface area contributed by atoms with E-state index in [1.54, 1.807) is 0 Å². The molecular weight excluding hydrogens is 346 g/mol. The molecule has 1 rings (SSSR count). The fourth-order valence-corrected chi connectivity index (χ4v) is 3.00. The molecule has 1 fully saturated rings. The average molecular weight is 390 g/mol. The molecule has 1 N–H and O–H groups in total. The van der Waals surface area contributed by atoms with Crippen LogP contribution in [0.4, 0.5) is 0 Å². The molecule has 0 aliphatic carbocycles. The van der Waals surface area contributed by atoms with Crippen molar-refractivity contribution in [1.82, 2.24) is 15.1 Å². The van der Waals surface area contributed by atoms with Crippen LogP contribution in [-0.4, -0.2) is 101 Å². The van der Waals surface area contributed by atoms with E-state index < -0.39 is 0 Å². The lowest BCUT2D eigenvalue weighted by Crippen LogP contribution is -2.50. The lowest BCUT2D eigenvalue weighted by atomic mass is 10.2. The minimum atomic E-state index is 0. The fourth-order valence-electron chi connectivity index (χ4n) is 3.00. The van der Waals surface area contributed by atoms with Crippen molar-refractivity contribution in [2.24, 2.45) is 0 Å². The van der Waals surface area contributed by atoms with Gasteiger partial charge in [0.2, 0.25) is 5.91 Å². The fraction of sp³-hybridized carbons (Fsp3) is 0.950. The number of hydrogen-bond acceptors (Lipinski definition) is 6. The first-order valence-corrected chi connectivity index (χ1v) is 10.6. The molecule has 7 heteroatoms. The molecule has 0 aromatic carbocycles. The summed E-state index contributed by atoms with van der Waals surface area (Å²) in [5.74, 6) is 0.0897. The van der Waals surface area contributed by atoms with Crippen molar-refractivity contribution < 1.29 is 20.4 Å². The van der Waals surface area contributed by atoms with E-state index in [0.717, 1.165) is 32.7 Å².